The quantitative estimate of drug-likeness (QED) is 0.212. The Morgan fingerprint density at radius 1 is 1.20 bits per heavy atom. The van der Waals surface area contributed by atoms with Crippen molar-refractivity contribution in [1.82, 2.24) is 9.84 Å². The van der Waals surface area contributed by atoms with Crippen molar-refractivity contribution in [2.75, 3.05) is 0 Å². The van der Waals surface area contributed by atoms with Gasteiger partial charge in [-0.1, -0.05) is 30.3 Å². The van der Waals surface area contributed by atoms with Crippen LogP contribution in [0.15, 0.2) is 64.6 Å². The third kappa shape index (κ3) is 4.30. The van der Waals surface area contributed by atoms with Gasteiger partial charge in [-0.2, -0.15) is 4.72 Å². The first-order chi connectivity index (χ1) is 14.1. The number of rotatable bonds is 8. The van der Waals surface area contributed by atoms with Gasteiger partial charge in [-0.15, -0.1) is 5.10 Å². The van der Waals surface area contributed by atoms with Crippen molar-refractivity contribution in [3.8, 4) is 0 Å². The molecule has 2 unspecified atom stereocenters. The first-order valence-electron chi connectivity index (χ1n) is 9.37. The van der Waals surface area contributed by atoms with E-state index in [-0.39, 0.29) is 23.2 Å². The van der Waals surface area contributed by atoms with E-state index in [4.69, 9.17) is 11.6 Å². The van der Waals surface area contributed by atoms with E-state index in [2.05, 4.69) is 9.82 Å². The topological polar surface area (TPSA) is 151 Å². The lowest BCUT2D eigenvalue weighted by atomic mass is 10.1. The minimum Gasteiger partial charge on any atom is -0.480 e. The molecule has 0 bridgehead atoms. The van der Waals surface area contributed by atoms with E-state index in [0.717, 1.165) is 5.56 Å². The molecule has 3 rings (SSSR count). The summed E-state index contributed by atoms with van der Waals surface area (Å²) in [5.41, 5.74) is 5.62. The van der Waals surface area contributed by atoms with E-state index >= 15 is 0 Å². The fraction of sp³-hybridized carbons (Fsp3) is 0.300. The second-order valence-corrected chi connectivity index (χ2v) is 9.22. The lowest BCUT2D eigenvalue weighted by Gasteiger charge is -2.17. The van der Waals surface area contributed by atoms with Gasteiger partial charge in [0.1, 0.15) is 5.54 Å². The number of hydrazone groups is 1. The zero-order chi connectivity index (χ0) is 22.1. The maximum absolute atomic E-state index is 12.9. The summed E-state index contributed by atoms with van der Waals surface area (Å²) in [5.74, 6) is 4.22. The highest BCUT2D eigenvalue weighted by molar-refractivity contribution is 7.89. The van der Waals surface area contributed by atoms with Crippen LogP contribution in [-0.4, -0.2) is 42.0 Å². The van der Waals surface area contributed by atoms with Crippen LogP contribution in [0.3, 0.4) is 0 Å². The van der Waals surface area contributed by atoms with Gasteiger partial charge >= 0.3 is 5.97 Å². The van der Waals surface area contributed by atoms with Crippen molar-refractivity contribution >= 4 is 21.8 Å². The first-order valence-corrected chi connectivity index (χ1v) is 10.9. The van der Waals surface area contributed by atoms with Crippen LogP contribution in [0.1, 0.15) is 37.3 Å². The molecule has 0 aromatic heterocycles. The van der Waals surface area contributed by atoms with Crippen LogP contribution in [-0.2, 0) is 14.8 Å². The molecule has 0 aliphatic heterocycles. The minimum atomic E-state index is -4.07. The second-order valence-electron chi connectivity index (χ2n) is 7.53. The summed E-state index contributed by atoms with van der Waals surface area (Å²) in [4.78, 5) is 11.8. The number of hydrogen-bond acceptors (Lipinski definition) is 6. The molecule has 6 N–H and O–H groups in total. The SMILES string of the molecule is CC(C)N(N)/N=C(\N)c1ccc(S(=O)(=O)NC2(C(=O)O)CC2c2ccccc2)cc1. The number of sulfonamides is 1. The molecule has 1 saturated carbocycles. The lowest BCUT2D eigenvalue weighted by Crippen LogP contribution is -2.44. The molecule has 2 atom stereocenters. The standard InChI is InChI=1S/C20H25N5O4S/c1-13(2)25(22)23-18(21)15-8-10-16(11-9-15)30(28,29)24-20(19(26)27)12-17(20)14-6-4-3-5-7-14/h3-11,13,17,24H,12,22H2,1-2H3,(H2,21,23)(H,26,27). The summed E-state index contributed by atoms with van der Waals surface area (Å²) in [6, 6.07) is 14.6. The number of aliphatic carboxylic acids is 1. The van der Waals surface area contributed by atoms with Gasteiger partial charge < -0.3 is 10.8 Å². The van der Waals surface area contributed by atoms with Crippen LogP contribution >= 0.6 is 0 Å². The molecular formula is C20H25N5O4S. The molecular weight excluding hydrogens is 406 g/mol. The monoisotopic (exact) mass is 431 g/mol. The highest BCUT2D eigenvalue weighted by atomic mass is 32.2. The van der Waals surface area contributed by atoms with Crippen LogP contribution in [0.25, 0.3) is 0 Å². The Bertz CT molecular complexity index is 1050. The summed E-state index contributed by atoms with van der Waals surface area (Å²) in [6.07, 6.45) is 0.185. The largest absolute Gasteiger partial charge is 0.480 e. The average molecular weight is 432 g/mol. The number of carboxylic acid groups (broad SMARTS) is 1. The molecule has 30 heavy (non-hydrogen) atoms. The van der Waals surface area contributed by atoms with Crippen LogP contribution in [0, 0.1) is 0 Å². The van der Waals surface area contributed by atoms with E-state index in [1.807, 2.05) is 19.9 Å². The fourth-order valence-electron chi connectivity index (χ4n) is 3.14. The van der Waals surface area contributed by atoms with Crippen LogP contribution < -0.4 is 16.3 Å². The number of amidine groups is 1. The summed E-state index contributed by atoms with van der Waals surface area (Å²) in [6.45, 7) is 3.69. The normalized spacial score (nSPS) is 21.5. The van der Waals surface area contributed by atoms with Crippen LogP contribution in [0.2, 0.25) is 0 Å². The number of carbonyl (C=O) groups is 1. The maximum Gasteiger partial charge on any atom is 0.325 e. The van der Waals surface area contributed by atoms with Crippen molar-refractivity contribution in [1.29, 1.82) is 0 Å². The zero-order valence-electron chi connectivity index (χ0n) is 16.7. The molecule has 0 radical (unpaired) electrons. The van der Waals surface area contributed by atoms with E-state index in [1.54, 1.807) is 24.3 Å². The third-order valence-corrected chi connectivity index (χ3v) is 6.60. The summed E-state index contributed by atoms with van der Waals surface area (Å²) in [5, 5.41) is 15.0. The molecule has 0 spiro atoms. The minimum absolute atomic E-state index is 0.0595. The molecule has 1 aliphatic rings. The van der Waals surface area contributed by atoms with Gasteiger partial charge in [0.25, 0.3) is 0 Å². The fourth-order valence-corrected chi connectivity index (χ4v) is 4.55. The van der Waals surface area contributed by atoms with Gasteiger partial charge in [-0.05, 0) is 50.1 Å². The molecule has 1 aliphatic carbocycles. The van der Waals surface area contributed by atoms with Crippen molar-refractivity contribution in [3.05, 3.63) is 65.7 Å². The molecule has 2 aromatic rings. The Morgan fingerprint density at radius 3 is 2.33 bits per heavy atom. The second kappa shape index (κ2) is 8.05. The number of benzene rings is 2. The van der Waals surface area contributed by atoms with E-state index in [1.165, 1.54) is 29.4 Å². The summed E-state index contributed by atoms with van der Waals surface area (Å²) < 4.78 is 28.1. The van der Waals surface area contributed by atoms with Gasteiger partial charge in [0.15, 0.2) is 5.84 Å². The van der Waals surface area contributed by atoms with Gasteiger partial charge in [0.05, 0.1) is 10.9 Å². The molecule has 1 fully saturated rings. The maximum atomic E-state index is 12.9. The molecule has 0 amide bonds. The Labute approximate surface area is 175 Å². The molecule has 0 saturated heterocycles. The first kappa shape index (κ1) is 21.8. The van der Waals surface area contributed by atoms with Crippen molar-refractivity contribution in [3.63, 3.8) is 0 Å². The number of hydrazine groups is 1. The van der Waals surface area contributed by atoms with E-state index < -0.39 is 27.4 Å². The summed E-state index contributed by atoms with van der Waals surface area (Å²) >= 11 is 0. The van der Waals surface area contributed by atoms with Crippen molar-refractivity contribution < 1.29 is 18.3 Å². The Morgan fingerprint density at radius 2 is 1.80 bits per heavy atom. The number of hydrogen-bond donors (Lipinski definition) is 4. The molecule has 160 valence electrons. The van der Waals surface area contributed by atoms with E-state index in [9.17, 15) is 18.3 Å². The number of nitrogens with zero attached hydrogens (tertiary/aromatic N) is 2. The Kier molecular flexibility index (Phi) is 5.84. The van der Waals surface area contributed by atoms with Gasteiger partial charge in [-0.3, -0.25) is 4.79 Å². The highest BCUT2D eigenvalue weighted by Crippen LogP contribution is 2.52. The smallest absolute Gasteiger partial charge is 0.325 e. The van der Waals surface area contributed by atoms with Gasteiger partial charge in [0, 0.05) is 11.5 Å². The number of nitrogens with one attached hydrogen (secondary N) is 1. The van der Waals surface area contributed by atoms with Gasteiger partial charge in [-0.25, -0.2) is 19.4 Å². The molecule has 0 heterocycles. The van der Waals surface area contributed by atoms with Crippen LogP contribution in [0.4, 0.5) is 0 Å². The predicted octanol–water partition coefficient (Wildman–Crippen LogP) is 1.18. The Balaban J connectivity index is 1.81. The lowest BCUT2D eigenvalue weighted by molar-refractivity contribution is -0.140. The number of carboxylic acids is 1. The third-order valence-electron chi connectivity index (χ3n) is 5.07. The van der Waals surface area contributed by atoms with Crippen LogP contribution in [0.5, 0.6) is 0 Å². The van der Waals surface area contributed by atoms with Crippen molar-refractivity contribution in [2.24, 2.45) is 16.7 Å². The average Bonchev–Trinajstić information content (AvgIpc) is 3.43. The predicted molar refractivity (Wildman–Crippen MR) is 113 cm³/mol. The number of nitrogens with two attached hydrogens (primary N) is 2. The highest BCUT2D eigenvalue weighted by Gasteiger charge is 2.63. The van der Waals surface area contributed by atoms with E-state index in [0.29, 0.717) is 5.56 Å². The molecule has 10 heteroatoms. The zero-order valence-corrected chi connectivity index (χ0v) is 17.5. The summed E-state index contributed by atoms with van der Waals surface area (Å²) in [7, 11) is -4.07. The molecule has 9 nitrogen and oxygen atoms in total. The Hall–Kier alpha value is -2.95. The van der Waals surface area contributed by atoms with Crippen molar-refractivity contribution in [2.45, 2.75) is 42.7 Å². The van der Waals surface area contributed by atoms with Gasteiger partial charge in [0.2, 0.25) is 10.0 Å². The molecule has 2 aromatic carbocycles.